The first-order chi connectivity index (χ1) is 14.7. The van der Waals surface area contributed by atoms with E-state index in [9.17, 15) is 4.79 Å². The average Bonchev–Trinajstić information content (AvgIpc) is 3.30. The Bertz CT molecular complexity index is 1240. The summed E-state index contributed by atoms with van der Waals surface area (Å²) in [6, 6.07) is 18.0. The Morgan fingerprint density at radius 1 is 1.00 bits per heavy atom. The zero-order valence-corrected chi connectivity index (χ0v) is 16.5. The minimum atomic E-state index is -0.319. The van der Waals surface area contributed by atoms with Gasteiger partial charge in [0, 0.05) is 11.5 Å². The van der Waals surface area contributed by atoms with Gasteiger partial charge in [-0.25, -0.2) is 4.99 Å². The Kier molecular flexibility index (Phi) is 5.52. The summed E-state index contributed by atoms with van der Waals surface area (Å²) in [5.74, 6) is 1.45. The molecule has 7 heteroatoms. The Labute approximate surface area is 172 Å². The third-order valence-corrected chi connectivity index (χ3v) is 4.50. The van der Waals surface area contributed by atoms with Crippen molar-refractivity contribution in [2.75, 3.05) is 14.2 Å². The summed E-state index contributed by atoms with van der Waals surface area (Å²) < 4.78 is 21.8. The second-order valence-corrected chi connectivity index (χ2v) is 6.42. The van der Waals surface area contributed by atoms with Gasteiger partial charge in [-0.15, -0.1) is 0 Å². The number of para-hydroxylation sites is 1. The number of nitrogens with one attached hydrogen (secondary N) is 1. The Balaban J connectivity index is 1.78. The lowest BCUT2D eigenvalue weighted by Gasteiger charge is -2.08. The molecule has 0 saturated heterocycles. The molecule has 1 amide bonds. The number of carbonyl (C=O) groups is 1. The standard InChI is InChI=1S/C23H20N2O5/c1-27-20-10-9-16(13-21(20)28-2)25-23-18(12-15-6-3-4-8-19(15)30-23)22(26)24-14-17-7-5-11-29-17/h3-13H,14H2,1-2H3,(H,24,26). The van der Waals surface area contributed by atoms with Gasteiger partial charge in [0.05, 0.1) is 32.7 Å². The summed E-state index contributed by atoms with van der Waals surface area (Å²) in [5, 5.41) is 3.63. The highest BCUT2D eigenvalue weighted by molar-refractivity contribution is 5.96. The molecule has 0 radical (unpaired) electrons. The number of nitrogens with zero attached hydrogens (tertiary/aromatic N) is 1. The number of ether oxygens (including phenoxy) is 2. The van der Waals surface area contributed by atoms with E-state index in [1.54, 1.807) is 56.9 Å². The van der Waals surface area contributed by atoms with Gasteiger partial charge in [-0.3, -0.25) is 4.79 Å². The van der Waals surface area contributed by atoms with E-state index in [-0.39, 0.29) is 18.0 Å². The molecule has 2 aromatic carbocycles. The van der Waals surface area contributed by atoms with Gasteiger partial charge in [0.2, 0.25) is 5.55 Å². The van der Waals surface area contributed by atoms with Gasteiger partial charge in [0.25, 0.3) is 5.91 Å². The summed E-state index contributed by atoms with van der Waals surface area (Å²) in [4.78, 5) is 17.5. The molecule has 152 valence electrons. The van der Waals surface area contributed by atoms with E-state index in [0.717, 1.165) is 5.39 Å². The number of rotatable bonds is 6. The second-order valence-electron chi connectivity index (χ2n) is 6.42. The number of fused-ring (bicyclic) bond motifs is 1. The van der Waals surface area contributed by atoms with Crippen molar-refractivity contribution in [3.8, 4) is 11.5 Å². The molecular formula is C23H20N2O5. The molecule has 0 atom stereocenters. The number of methoxy groups -OCH3 is 2. The van der Waals surface area contributed by atoms with Crippen LogP contribution in [0.1, 0.15) is 16.1 Å². The molecule has 4 rings (SSSR count). The largest absolute Gasteiger partial charge is 0.493 e. The molecule has 30 heavy (non-hydrogen) atoms. The van der Waals surface area contributed by atoms with Crippen molar-refractivity contribution in [3.63, 3.8) is 0 Å². The monoisotopic (exact) mass is 404 g/mol. The number of carbonyl (C=O) groups excluding carboxylic acids is 1. The molecule has 0 aliphatic heterocycles. The molecule has 0 spiro atoms. The maximum atomic E-state index is 12.9. The van der Waals surface area contributed by atoms with Crippen molar-refractivity contribution in [1.82, 2.24) is 5.32 Å². The number of benzene rings is 2. The van der Waals surface area contributed by atoms with E-state index in [1.807, 2.05) is 24.3 Å². The number of hydrogen-bond acceptors (Lipinski definition) is 6. The van der Waals surface area contributed by atoms with E-state index in [4.69, 9.17) is 18.3 Å². The van der Waals surface area contributed by atoms with Gasteiger partial charge in [-0.1, -0.05) is 18.2 Å². The molecule has 2 heterocycles. The Morgan fingerprint density at radius 3 is 2.60 bits per heavy atom. The van der Waals surface area contributed by atoms with Crippen molar-refractivity contribution in [2.45, 2.75) is 6.54 Å². The second kappa shape index (κ2) is 8.57. The van der Waals surface area contributed by atoms with Crippen LogP contribution in [-0.4, -0.2) is 20.1 Å². The molecule has 0 bridgehead atoms. The topological polar surface area (TPSA) is 86.2 Å². The lowest BCUT2D eigenvalue weighted by atomic mass is 10.1. The predicted molar refractivity (Wildman–Crippen MR) is 111 cm³/mol. The van der Waals surface area contributed by atoms with Crippen molar-refractivity contribution in [3.05, 3.63) is 83.8 Å². The van der Waals surface area contributed by atoms with Crippen LogP contribution in [0.3, 0.4) is 0 Å². The summed E-state index contributed by atoms with van der Waals surface area (Å²) in [7, 11) is 3.12. The fourth-order valence-corrected chi connectivity index (χ4v) is 3.00. The quantitative estimate of drug-likeness (QED) is 0.520. The normalized spacial score (nSPS) is 11.5. The van der Waals surface area contributed by atoms with E-state index < -0.39 is 0 Å². The molecule has 2 aromatic heterocycles. The number of amides is 1. The van der Waals surface area contributed by atoms with Crippen LogP contribution in [0.15, 0.2) is 80.8 Å². The fraction of sp³-hybridized carbons (Fsp3) is 0.130. The molecule has 4 aromatic rings. The average molecular weight is 404 g/mol. The van der Waals surface area contributed by atoms with Crippen LogP contribution in [0.25, 0.3) is 11.0 Å². The van der Waals surface area contributed by atoms with Gasteiger partial charge in [0.15, 0.2) is 11.5 Å². The fourth-order valence-electron chi connectivity index (χ4n) is 3.00. The summed E-state index contributed by atoms with van der Waals surface area (Å²) in [5.41, 5.74) is 1.69. The SMILES string of the molecule is COc1ccc(N=c2oc3ccccc3cc2C(=O)NCc2ccco2)cc1OC. The van der Waals surface area contributed by atoms with Gasteiger partial charge in [-0.05, 0) is 36.4 Å². The van der Waals surface area contributed by atoms with Gasteiger partial charge < -0.3 is 23.6 Å². The third kappa shape index (κ3) is 4.05. The first-order valence-electron chi connectivity index (χ1n) is 9.28. The smallest absolute Gasteiger partial charge is 0.257 e. The van der Waals surface area contributed by atoms with E-state index in [2.05, 4.69) is 10.3 Å². The van der Waals surface area contributed by atoms with E-state index >= 15 is 0 Å². The van der Waals surface area contributed by atoms with Gasteiger partial charge in [0.1, 0.15) is 16.9 Å². The lowest BCUT2D eigenvalue weighted by Crippen LogP contribution is -2.28. The van der Waals surface area contributed by atoms with Gasteiger partial charge in [-0.2, -0.15) is 0 Å². The molecule has 0 aliphatic carbocycles. The molecule has 1 N–H and O–H groups in total. The summed E-state index contributed by atoms with van der Waals surface area (Å²) in [6.45, 7) is 0.258. The maximum absolute atomic E-state index is 12.9. The van der Waals surface area contributed by atoms with Crippen LogP contribution in [0.2, 0.25) is 0 Å². The first kappa shape index (κ1) is 19.3. The number of furan rings is 1. The van der Waals surface area contributed by atoms with Crippen LogP contribution in [0, 0.1) is 0 Å². The minimum Gasteiger partial charge on any atom is -0.493 e. The van der Waals surface area contributed by atoms with Crippen molar-refractivity contribution in [1.29, 1.82) is 0 Å². The van der Waals surface area contributed by atoms with Crippen molar-refractivity contribution < 1.29 is 23.1 Å². The van der Waals surface area contributed by atoms with E-state index in [1.165, 1.54) is 0 Å². The first-order valence-corrected chi connectivity index (χ1v) is 9.28. The zero-order chi connectivity index (χ0) is 20.9. The van der Waals surface area contributed by atoms with Crippen LogP contribution in [0.4, 0.5) is 5.69 Å². The zero-order valence-electron chi connectivity index (χ0n) is 16.5. The summed E-state index contributed by atoms with van der Waals surface area (Å²) in [6.07, 6.45) is 1.56. The Morgan fingerprint density at radius 2 is 1.83 bits per heavy atom. The molecule has 0 aliphatic rings. The molecule has 0 unspecified atom stereocenters. The molecular weight excluding hydrogens is 384 g/mol. The highest BCUT2D eigenvalue weighted by Crippen LogP contribution is 2.30. The summed E-state index contributed by atoms with van der Waals surface area (Å²) >= 11 is 0. The number of hydrogen-bond donors (Lipinski definition) is 1. The van der Waals surface area contributed by atoms with Gasteiger partial charge >= 0.3 is 0 Å². The molecule has 7 nitrogen and oxygen atoms in total. The highest BCUT2D eigenvalue weighted by Gasteiger charge is 2.13. The Hall–Kier alpha value is -4.00. The van der Waals surface area contributed by atoms with Crippen LogP contribution in [0.5, 0.6) is 11.5 Å². The molecule has 0 saturated carbocycles. The van der Waals surface area contributed by atoms with E-state index in [0.29, 0.717) is 34.1 Å². The molecule has 0 fully saturated rings. The highest BCUT2D eigenvalue weighted by atomic mass is 16.5. The minimum absolute atomic E-state index is 0.192. The van der Waals surface area contributed by atoms with Crippen molar-refractivity contribution >= 4 is 22.6 Å². The lowest BCUT2D eigenvalue weighted by molar-refractivity contribution is 0.0944. The maximum Gasteiger partial charge on any atom is 0.257 e. The third-order valence-electron chi connectivity index (χ3n) is 4.50. The predicted octanol–water partition coefficient (Wildman–Crippen LogP) is 4.21. The van der Waals surface area contributed by atoms with Crippen molar-refractivity contribution in [2.24, 2.45) is 4.99 Å². The van der Waals surface area contributed by atoms with Crippen LogP contribution < -0.4 is 20.3 Å². The van der Waals surface area contributed by atoms with Crippen LogP contribution >= 0.6 is 0 Å². The van der Waals surface area contributed by atoms with Crippen LogP contribution in [-0.2, 0) is 6.54 Å².